The maximum absolute atomic E-state index is 12.6. The average Bonchev–Trinajstić information content (AvgIpc) is 3.19. The van der Waals surface area contributed by atoms with Crippen molar-refractivity contribution in [3.05, 3.63) is 18.2 Å². The molecule has 0 fully saturated rings. The molecule has 0 aliphatic carbocycles. The summed E-state index contributed by atoms with van der Waals surface area (Å²) in [5, 5.41) is 25.1. The fourth-order valence-corrected chi connectivity index (χ4v) is 2.49. The molecule has 0 spiro atoms. The Morgan fingerprint density at radius 3 is 2.35 bits per heavy atom. The maximum atomic E-state index is 12.6. The van der Waals surface area contributed by atoms with Gasteiger partial charge >= 0.3 is 5.97 Å². The Morgan fingerprint density at radius 2 is 1.84 bits per heavy atom. The highest BCUT2D eigenvalue weighted by atomic mass is 16.4. The lowest BCUT2D eigenvalue weighted by Crippen LogP contribution is -2.58. The van der Waals surface area contributed by atoms with Gasteiger partial charge in [-0.15, -0.1) is 0 Å². The number of hydrogen-bond donors (Lipinski definition) is 8. The molecule has 1 rings (SSSR count). The van der Waals surface area contributed by atoms with Crippen LogP contribution in [0, 0.1) is 0 Å². The Bertz CT molecular complexity index is 782. The third kappa shape index (κ3) is 9.22. The van der Waals surface area contributed by atoms with Gasteiger partial charge in [0.05, 0.1) is 18.5 Å². The van der Waals surface area contributed by atoms with Gasteiger partial charge in [-0.05, 0) is 13.3 Å². The topological polar surface area (TPSA) is 243 Å². The molecule has 14 heteroatoms. The summed E-state index contributed by atoms with van der Waals surface area (Å²) in [6.45, 7) is 0.491. The molecular formula is C17H27N7O7. The van der Waals surface area contributed by atoms with Crippen molar-refractivity contribution in [2.75, 3.05) is 6.54 Å². The van der Waals surface area contributed by atoms with Crippen LogP contribution in [0.2, 0.25) is 0 Å². The van der Waals surface area contributed by atoms with Gasteiger partial charge in [0, 0.05) is 24.7 Å². The number of aliphatic hydroxyl groups is 1. The van der Waals surface area contributed by atoms with Crippen LogP contribution in [0.15, 0.2) is 12.5 Å². The first kappa shape index (κ1) is 25.5. The first-order valence-corrected chi connectivity index (χ1v) is 9.30. The Hall–Kier alpha value is -3.52. The predicted molar refractivity (Wildman–Crippen MR) is 105 cm³/mol. The van der Waals surface area contributed by atoms with Crippen LogP contribution < -0.4 is 27.4 Å². The molecule has 0 saturated carbocycles. The summed E-state index contributed by atoms with van der Waals surface area (Å²) in [5.41, 5.74) is 11.5. The van der Waals surface area contributed by atoms with E-state index in [4.69, 9.17) is 16.6 Å². The van der Waals surface area contributed by atoms with Crippen LogP contribution in [0.25, 0.3) is 0 Å². The average molecular weight is 441 g/mol. The Kier molecular flexibility index (Phi) is 10.1. The molecule has 172 valence electrons. The molecule has 10 N–H and O–H groups in total. The number of carbonyl (C=O) groups excluding carboxylic acids is 4. The molecule has 31 heavy (non-hydrogen) atoms. The van der Waals surface area contributed by atoms with E-state index in [0.29, 0.717) is 5.69 Å². The Morgan fingerprint density at radius 1 is 1.16 bits per heavy atom. The fraction of sp³-hybridized carbons (Fsp3) is 0.529. The van der Waals surface area contributed by atoms with Crippen LogP contribution in [-0.2, 0) is 30.4 Å². The fourth-order valence-electron chi connectivity index (χ4n) is 2.49. The normalized spacial score (nSPS) is 14.5. The molecule has 0 saturated heterocycles. The van der Waals surface area contributed by atoms with Crippen molar-refractivity contribution in [1.29, 1.82) is 0 Å². The maximum Gasteiger partial charge on any atom is 0.322 e. The van der Waals surface area contributed by atoms with E-state index in [1.165, 1.54) is 19.4 Å². The second kappa shape index (κ2) is 12.2. The zero-order valence-corrected chi connectivity index (χ0v) is 16.8. The smallest absolute Gasteiger partial charge is 0.322 e. The van der Waals surface area contributed by atoms with Crippen molar-refractivity contribution < 1.29 is 34.2 Å². The van der Waals surface area contributed by atoms with Gasteiger partial charge in [-0.2, -0.15) is 0 Å². The summed E-state index contributed by atoms with van der Waals surface area (Å²) in [7, 11) is 0. The number of aromatic amines is 1. The molecule has 14 nitrogen and oxygen atoms in total. The van der Waals surface area contributed by atoms with Crippen molar-refractivity contribution >= 4 is 29.6 Å². The summed E-state index contributed by atoms with van der Waals surface area (Å²) in [4.78, 5) is 65.4. The minimum atomic E-state index is -1.50. The molecule has 0 aromatic carbocycles. The number of carbonyl (C=O) groups is 5. The van der Waals surface area contributed by atoms with E-state index in [9.17, 15) is 29.1 Å². The SMILES string of the molecule is CC(O)C(NC(=O)C(CCC(N)=O)NC(=O)C(N)Cc1cnc[nH]1)C(=O)NCC(=O)O. The number of primary amides is 1. The number of amides is 4. The summed E-state index contributed by atoms with van der Waals surface area (Å²) >= 11 is 0. The molecule has 4 amide bonds. The molecule has 0 aliphatic rings. The number of nitrogens with one attached hydrogen (secondary N) is 4. The minimum absolute atomic E-state index is 0.101. The van der Waals surface area contributed by atoms with E-state index in [1.54, 1.807) is 0 Å². The number of aromatic nitrogens is 2. The van der Waals surface area contributed by atoms with Crippen LogP contribution >= 0.6 is 0 Å². The lowest BCUT2D eigenvalue weighted by molar-refractivity contribution is -0.139. The number of H-pyrrole nitrogens is 1. The van der Waals surface area contributed by atoms with E-state index < -0.39 is 60.4 Å². The van der Waals surface area contributed by atoms with E-state index >= 15 is 0 Å². The third-order valence-corrected chi connectivity index (χ3v) is 4.12. The summed E-state index contributed by atoms with van der Waals surface area (Å²) in [6.07, 6.45) is 1.17. The van der Waals surface area contributed by atoms with Crippen molar-refractivity contribution in [1.82, 2.24) is 25.9 Å². The molecule has 0 aliphatic heterocycles. The molecule has 0 bridgehead atoms. The number of rotatable bonds is 13. The lowest BCUT2D eigenvalue weighted by Gasteiger charge is -2.25. The van der Waals surface area contributed by atoms with Gasteiger partial charge in [0.25, 0.3) is 0 Å². The molecule has 1 aromatic heterocycles. The lowest BCUT2D eigenvalue weighted by atomic mass is 10.1. The second-order valence-electron chi connectivity index (χ2n) is 6.79. The number of nitrogens with two attached hydrogens (primary N) is 2. The summed E-state index contributed by atoms with van der Waals surface area (Å²) < 4.78 is 0. The van der Waals surface area contributed by atoms with E-state index in [0.717, 1.165) is 0 Å². The van der Waals surface area contributed by atoms with Crippen LogP contribution in [-0.4, -0.2) is 80.6 Å². The first-order valence-electron chi connectivity index (χ1n) is 9.30. The van der Waals surface area contributed by atoms with Gasteiger partial charge in [-0.1, -0.05) is 0 Å². The van der Waals surface area contributed by atoms with Crippen molar-refractivity contribution in [3.63, 3.8) is 0 Å². The largest absolute Gasteiger partial charge is 0.480 e. The molecular weight excluding hydrogens is 414 g/mol. The molecule has 1 heterocycles. The highest BCUT2D eigenvalue weighted by Crippen LogP contribution is 2.03. The summed E-state index contributed by atoms with van der Waals surface area (Å²) in [5.74, 6) is -4.58. The van der Waals surface area contributed by atoms with Gasteiger partial charge in [0.1, 0.15) is 18.6 Å². The molecule has 4 atom stereocenters. The zero-order valence-electron chi connectivity index (χ0n) is 16.8. The quantitative estimate of drug-likeness (QED) is 0.149. The van der Waals surface area contributed by atoms with Crippen molar-refractivity contribution in [2.24, 2.45) is 11.5 Å². The number of hydrogen-bond acceptors (Lipinski definition) is 8. The monoisotopic (exact) mass is 441 g/mol. The standard InChI is InChI=1S/C17H27N7O7/c1-8(25)14(17(31)21-6-13(27)28)24-16(30)11(2-3-12(19)26)23-15(29)10(18)4-9-5-20-7-22-9/h5,7-8,10-11,14,25H,2-4,6,18H2,1H3,(H2,19,26)(H,20,22)(H,21,31)(H,23,29)(H,24,30)(H,27,28). The number of aliphatic carboxylic acids is 1. The summed E-state index contributed by atoms with van der Waals surface area (Å²) in [6, 6.07) is -3.84. The number of carboxylic acid groups (broad SMARTS) is 1. The van der Waals surface area contributed by atoms with Gasteiger partial charge in [-0.3, -0.25) is 24.0 Å². The van der Waals surface area contributed by atoms with Gasteiger partial charge in [-0.25, -0.2) is 4.98 Å². The minimum Gasteiger partial charge on any atom is -0.480 e. The van der Waals surface area contributed by atoms with Gasteiger partial charge in [0.2, 0.25) is 23.6 Å². The zero-order chi connectivity index (χ0) is 23.6. The Balaban J connectivity index is 2.84. The molecule has 4 unspecified atom stereocenters. The highest BCUT2D eigenvalue weighted by Gasteiger charge is 2.31. The van der Waals surface area contributed by atoms with Crippen LogP contribution in [0.1, 0.15) is 25.5 Å². The second-order valence-corrected chi connectivity index (χ2v) is 6.79. The van der Waals surface area contributed by atoms with Gasteiger partial charge in [0.15, 0.2) is 0 Å². The molecule has 0 radical (unpaired) electrons. The van der Waals surface area contributed by atoms with Crippen molar-refractivity contribution in [3.8, 4) is 0 Å². The van der Waals surface area contributed by atoms with E-state index in [2.05, 4.69) is 20.6 Å². The van der Waals surface area contributed by atoms with Crippen molar-refractivity contribution in [2.45, 2.75) is 50.4 Å². The number of aliphatic hydroxyl groups excluding tert-OH is 1. The number of carboxylic acids is 1. The van der Waals surface area contributed by atoms with Gasteiger partial charge < -0.3 is 42.6 Å². The van der Waals surface area contributed by atoms with Crippen LogP contribution in [0.3, 0.4) is 0 Å². The first-order chi connectivity index (χ1) is 14.5. The molecule has 1 aromatic rings. The highest BCUT2D eigenvalue weighted by molar-refractivity contribution is 5.94. The Labute approximate surface area is 177 Å². The predicted octanol–water partition coefficient (Wildman–Crippen LogP) is -3.90. The van der Waals surface area contributed by atoms with Crippen LogP contribution in [0.4, 0.5) is 0 Å². The van der Waals surface area contributed by atoms with E-state index in [-0.39, 0.29) is 19.3 Å². The van der Waals surface area contributed by atoms with Crippen LogP contribution in [0.5, 0.6) is 0 Å². The third-order valence-electron chi connectivity index (χ3n) is 4.12. The number of nitrogens with zero attached hydrogens (tertiary/aromatic N) is 1. The van der Waals surface area contributed by atoms with E-state index in [1.807, 2.05) is 5.32 Å². The number of imidazole rings is 1.